The monoisotopic (exact) mass is 436 g/mol. The summed E-state index contributed by atoms with van der Waals surface area (Å²) in [6, 6.07) is 14.8. The van der Waals surface area contributed by atoms with E-state index in [2.05, 4.69) is 20.3 Å². The quantitative estimate of drug-likeness (QED) is 0.507. The zero-order chi connectivity index (χ0) is 22.4. The number of fused-ring (bicyclic) bond motifs is 1. The number of amides is 1. The summed E-state index contributed by atoms with van der Waals surface area (Å²) in [4.78, 5) is 35.6. The Morgan fingerprint density at radius 3 is 2.42 bits per heavy atom. The summed E-state index contributed by atoms with van der Waals surface area (Å²) in [5, 5.41) is 3.61. The second-order valence-corrected chi connectivity index (χ2v) is 6.77. The van der Waals surface area contributed by atoms with Gasteiger partial charge in [-0.2, -0.15) is 0 Å². The number of carbonyl (C=O) groups is 1. The number of anilines is 1. The number of benzene rings is 2. The first-order valence-electron chi connectivity index (χ1n) is 9.52. The second kappa shape index (κ2) is 9.82. The molecule has 158 valence electrons. The van der Waals surface area contributed by atoms with Crippen LogP contribution in [0.2, 0.25) is 5.02 Å². The number of primary amides is 1. The van der Waals surface area contributed by atoms with Crippen LogP contribution in [0.25, 0.3) is 16.6 Å². The van der Waals surface area contributed by atoms with E-state index in [4.69, 9.17) is 17.3 Å². The van der Waals surface area contributed by atoms with Crippen molar-refractivity contribution in [2.24, 2.45) is 5.73 Å². The molecule has 1 amide bonds. The standard InChI is InChI=1S/C16H13ClN2O.C6H8N4O/c1-2-14-18-13-10-6-9-12(17)15(13)16(20)19(14)11-7-4-3-5-8-11;1-8-6-4(5(7)11)9-2-3-10-6/h3-10H,2H2,1H3;2-3H,1H3,(H2,7,11)(H,8,10). The van der Waals surface area contributed by atoms with Crippen molar-refractivity contribution in [1.82, 2.24) is 19.5 Å². The molecular formula is C22H21ClN6O2. The molecule has 0 saturated carbocycles. The summed E-state index contributed by atoms with van der Waals surface area (Å²) in [5.74, 6) is 0.554. The molecule has 0 atom stereocenters. The molecule has 4 rings (SSSR count). The lowest BCUT2D eigenvalue weighted by atomic mass is 10.2. The third-order valence-corrected chi connectivity index (χ3v) is 4.73. The van der Waals surface area contributed by atoms with E-state index in [0.29, 0.717) is 28.2 Å². The molecule has 2 heterocycles. The minimum absolute atomic E-state index is 0.122. The third-order valence-electron chi connectivity index (χ3n) is 4.42. The lowest BCUT2D eigenvalue weighted by molar-refractivity contribution is 0.0996. The van der Waals surface area contributed by atoms with E-state index in [9.17, 15) is 9.59 Å². The summed E-state index contributed by atoms with van der Waals surface area (Å²) >= 11 is 6.16. The fourth-order valence-corrected chi connectivity index (χ4v) is 3.27. The van der Waals surface area contributed by atoms with Gasteiger partial charge >= 0.3 is 0 Å². The van der Waals surface area contributed by atoms with Gasteiger partial charge in [-0.25, -0.2) is 15.0 Å². The molecule has 8 nitrogen and oxygen atoms in total. The lowest BCUT2D eigenvalue weighted by Crippen LogP contribution is -2.23. The Morgan fingerprint density at radius 1 is 1.10 bits per heavy atom. The minimum Gasteiger partial charge on any atom is -0.371 e. The summed E-state index contributed by atoms with van der Waals surface area (Å²) < 4.78 is 1.63. The maximum atomic E-state index is 12.8. The van der Waals surface area contributed by atoms with Gasteiger partial charge in [0.2, 0.25) is 0 Å². The van der Waals surface area contributed by atoms with Crippen molar-refractivity contribution in [2.75, 3.05) is 12.4 Å². The SMILES string of the molecule is CCc1nc2cccc(Cl)c2c(=O)n1-c1ccccc1.CNc1nccnc1C(N)=O. The van der Waals surface area contributed by atoms with E-state index in [1.165, 1.54) is 12.4 Å². The van der Waals surface area contributed by atoms with Gasteiger partial charge < -0.3 is 11.1 Å². The number of rotatable bonds is 4. The summed E-state index contributed by atoms with van der Waals surface area (Å²) in [5.41, 5.74) is 6.50. The van der Waals surface area contributed by atoms with Gasteiger partial charge in [-0.1, -0.05) is 42.8 Å². The molecule has 3 N–H and O–H groups in total. The molecule has 0 aliphatic heterocycles. The zero-order valence-corrected chi connectivity index (χ0v) is 17.8. The molecule has 0 fully saturated rings. The van der Waals surface area contributed by atoms with E-state index >= 15 is 0 Å². The number of hydrogen-bond donors (Lipinski definition) is 2. The van der Waals surface area contributed by atoms with Crippen molar-refractivity contribution in [3.8, 4) is 5.69 Å². The molecule has 0 aliphatic carbocycles. The molecule has 0 unspecified atom stereocenters. The summed E-state index contributed by atoms with van der Waals surface area (Å²) in [7, 11) is 1.65. The number of nitrogens with zero attached hydrogens (tertiary/aromatic N) is 4. The minimum atomic E-state index is -0.581. The molecule has 0 aliphatic rings. The Labute approximate surface area is 183 Å². The first-order valence-corrected chi connectivity index (χ1v) is 9.89. The summed E-state index contributed by atoms with van der Waals surface area (Å²) in [6.45, 7) is 1.98. The molecule has 0 radical (unpaired) electrons. The van der Waals surface area contributed by atoms with Gasteiger partial charge in [0, 0.05) is 25.9 Å². The molecule has 9 heteroatoms. The molecule has 2 aromatic carbocycles. The van der Waals surface area contributed by atoms with Gasteiger partial charge in [0.05, 0.1) is 21.6 Å². The Morgan fingerprint density at radius 2 is 1.81 bits per heavy atom. The Kier molecular flexibility index (Phi) is 6.94. The highest BCUT2D eigenvalue weighted by molar-refractivity contribution is 6.35. The van der Waals surface area contributed by atoms with E-state index in [-0.39, 0.29) is 11.3 Å². The van der Waals surface area contributed by atoms with Crippen molar-refractivity contribution in [3.63, 3.8) is 0 Å². The van der Waals surface area contributed by atoms with Crippen LogP contribution in [0.15, 0.2) is 65.7 Å². The number of nitrogens with two attached hydrogens (primary N) is 1. The van der Waals surface area contributed by atoms with Gasteiger partial charge in [-0.3, -0.25) is 14.2 Å². The van der Waals surface area contributed by atoms with Crippen LogP contribution < -0.4 is 16.6 Å². The number of aromatic nitrogens is 4. The van der Waals surface area contributed by atoms with E-state index in [1.54, 1.807) is 17.7 Å². The molecule has 4 aromatic rings. The van der Waals surface area contributed by atoms with E-state index < -0.39 is 5.91 Å². The van der Waals surface area contributed by atoms with Gasteiger partial charge in [-0.15, -0.1) is 0 Å². The fraction of sp³-hybridized carbons (Fsp3) is 0.136. The highest BCUT2D eigenvalue weighted by atomic mass is 35.5. The maximum Gasteiger partial charge on any atom is 0.271 e. The van der Waals surface area contributed by atoms with Crippen molar-refractivity contribution in [3.05, 3.63) is 87.8 Å². The van der Waals surface area contributed by atoms with Crippen molar-refractivity contribution in [2.45, 2.75) is 13.3 Å². The number of hydrogen-bond acceptors (Lipinski definition) is 6. The van der Waals surface area contributed by atoms with Crippen LogP contribution in [0.1, 0.15) is 23.2 Å². The topological polar surface area (TPSA) is 116 Å². The lowest BCUT2D eigenvalue weighted by Gasteiger charge is -2.12. The summed E-state index contributed by atoms with van der Waals surface area (Å²) in [6.07, 6.45) is 3.58. The van der Waals surface area contributed by atoms with Crippen LogP contribution in [0.4, 0.5) is 5.82 Å². The smallest absolute Gasteiger partial charge is 0.271 e. The van der Waals surface area contributed by atoms with Crippen LogP contribution in [-0.2, 0) is 6.42 Å². The van der Waals surface area contributed by atoms with Gasteiger partial charge in [0.25, 0.3) is 11.5 Å². The molecule has 0 saturated heterocycles. The molecule has 2 aromatic heterocycles. The Hall–Kier alpha value is -3.78. The predicted molar refractivity (Wildman–Crippen MR) is 122 cm³/mol. The number of carbonyl (C=O) groups excluding carboxylic acids is 1. The van der Waals surface area contributed by atoms with Crippen LogP contribution in [0.5, 0.6) is 0 Å². The van der Waals surface area contributed by atoms with Gasteiger partial charge in [0.1, 0.15) is 5.82 Å². The molecular weight excluding hydrogens is 416 g/mol. The molecule has 0 spiro atoms. The van der Waals surface area contributed by atoms with Crippen LogP contribution in [-0.4, -0.2) is 32.5 Å². The van der Waals surface area contributed by atoms with Crippen molar-refractivity contribution >= 4 is 34.2 Å². The van der Waals surface area contributed by atoms with E-state index in [0.717, 1.165) is 11.5 Å². The van der Waals surface area contributed by atoms with Crippen LogP contribution >= 0.6 is 11.6 Å². The van der Waals surface area contributed by atoms with E-state index in [1.807, 2.05) is 49.4 Å². The van der Waals surface area contributed by atoms with Gasteiger partial charge in [0.15, 0.2) is 11.5 Å². The average Bonchev–Trinajstić information content (AvgIpc) is 2.79. The first-order chi connectivity index (χ1) is 15.0. The van der Waals surface area contributed by atoms with Crippen LogP contribution in [0, 0.1) is 0 Å². The number of nitrogens with one attached hydrogen (secondary N) is 1. The highest BCUT2D eigenvalue weighted by Crippen LogP contribution is 2.20. The average molecular weight is 437 g/mol. The molecule has 0 bridgehead atoms. The second-order valence-electron chi connectivity index (χ2n) is 6.36. The predicted octanol–water partition coefficient (Wildman–Crippen LogP) is 3.22. The zero-order valence-electron chi connectivity index (χ0n) is 17.0. The highest BCUT2D eigenvalue weighted by Gasteiger charge is 2.13. The van der Waals surface area contributed by atoms with Gasteiger partial charge in [-0.05, 0) is 24.3 Å². The number of aryl methyl sites for hydroxylation is 1. The fourth-order valence-electron chi connectivity index (χ4n) is 3.02. The normalized spacial score (nSPS) is 10.3. The first kappa shape index (κ1) is 21.9. The van der Waals surface area contributed by atoms with Crippen LogP contribution in [0.3, 0.4) is 0 Å². The molecule has 31 heavy (non-hydrogen) atoms. The van der Waals surface area contributed by atoms with Crippen molar-refractivity contribution < 1.29 is 4.79 Å². The van der Waals surface area contributed by atoms with Crippen molar-refractivity contribution in [1.29, 1.82) is 0 Å². The Bertz CT molecular complexity index is 1270. The number of halogens is 1. The largest absolute Gasteiger partial charge is 0.371 e. The maximum absolute atomic E-state index is 12.8. The third kappa shape index (κ3) is 4.70. The number of para-hydroxylation sites is 1. The Balaban J connectivity index is 0.000000210.